The lowest BCUT2D eigenvalue weighted by Gasteiger charge is -2.18. The Morgan fingerprint density at radius 3 is 2.43 bits per heavy atom. The molecule has 0 aromatic rings. The summed E-state index contributed by atoms with van der Waals surface area (Å²) in [5.74, 6) is 0.306. The van der Waals surface area contributed by atoms with Crippen molar-refractivity contribution in [2.24, 2.45) is 11.7 Å². The zero-order valence-electron chi connectivity index (χ0n) is 4.23. The van der Waals surface area contributed by atoms with Crippen LogP contribution in [0.15, 0.2) is 11.8 Å². The van der Waals surface area contributed by atoms with Gasteiger partial charge in [-0.15, -0.1) is 0 Å². The maximum absolute atomic E-state index is 7.05. The third-order valence-corrected chi connectivity index (χ3v) is 1.20. The van der Waals surface area contributed by atoms with Gasteiger partial charge in [-0.2, -0.15) is 0 Å². The highest BCUT2D eigenvalue weighted by molar-refractivity contribution is 6.05. The highest BCUT2D eigenvalue weighted by atomic mass is 14.7. The molecule has 0 amide bonds. The van der Waals surface area contributed by atoms with Crippen LogP contribution in [0, 0.1) is 11.3 Å². The molecule has 3 N–H and O–H groups in total. The second-order valence-electron chi connectivity index (χ2n) is 1.82. The number of hydrogen-bond donors (Lipinski definition) is 2. The predicted octanol–water partition coefficient (Wildman–Crippen LogP) is 0.498. The van der Waals surface area contributed by atoms with Crippen molar-refractivity contribution in [3.05, 3.63) is 11.8 Å². The summed E-state index contributed by atoms with van der Waals surface area (Å²) in [6.07, 6.45) is 1.88. The Balaban J connectivity index is 2.75. The number of rotatable bonds is 0. The van der Waals surface area contributed by atoms with Crippen molar-refractivity contribution in [1.82, 2.24) is 0 Å². The number of nitrogens with two attached hydrogens (primary N) is 1. The van der Waals surface area contributed by atoms with Gasteiger partial charge in [0.2, 0.25) is 0 Å². The molecule has 1 aliphatic carbocycles. The largest absolute Gasteiger partial charge is 0.397 e. The Morgan fingerprint density at radius 2 is 2.43 bits per heavy atom. The molecule has 1 aliphatic rings. The minimum Gasteiger partial charge on any atom is -0.397 e. The lowest BCUT2D eigenvalue weighted by atomic mass is 9.91. The van der Waals surface area contributed by atoms with E-state index in [2.05, 4.69) is 0 Å². The molecular weight excluding hydrogens is 88.1 g/mol. The molecule has 2 nitrogen and oxygen atoms in total. The first-order chi connectivity index (χ1) is 3.22. The molecule has 0 saturated heterocycles. The summed E-state index contributed by atoms with van der Waals surface area (Å²) in [6, 6.07) is 0. The van der Waals surface area contributed by atoms with E-state index in [0.717, 1.165) is 0 Å². The van der Waals surface area contributed by atoms with Crippen LogP contribution in [0.2, 0.25) is 0 Å². The summed E-state index contributed by atoms with van der Waals surface area (Å²) in [4.78, 5) is 0. The fraction of sp³-hybridized carbons (Fsp3) is 0.400. The van der Waals surface area contributed by atoms with Gasteiger partial charge in [-0.05, 0) is 0 Å². The standard InChI is InChI=1S/C5H8N2/c1-3-2-4(6)5(3)7/h2-3,7H,6H2,1H3. The van der Waals surface area contributed by atoms with Gasteiger partial charge in [0.1, 0.15) is 0 Å². The molecule has 1 atom stereocenters. The van der Waals surface area contributed by atoms with Crippen molar-refractivity contribution < 1.29 is 0 Å². The van der Waals surface area contributed by atoms with E-state index in [9.17, 15) is 0 Å². The van der Waals surface area contributed by atoms with Gasteiger partial charge in [0, 0.05) is 11.6 Å². The molecule has 0 saturated carbocycles. The molecule has 7 heavy (non-hydrogen) atoms. The fourth-order valence-electron chi connectivity index (χ4n) is 0.609. The lowest BCUT2D eigenvalue weighted by molar-refractivity contribution is 0.912. The molecular formula is C5H8N2. The average molecular weight is 96.1 g/mol. The number of hydrogen-bond acceptors (Lipinski definition) is 2. The second-order valence-corrected chi connectivity index (χ2v) is 1.82. The van der Waals surface area contributed by atoms with Gasteiger partial charge in [-0.25, -0.2) is 0 Å². The summed E-state index contributed by atoms with van der Waals surface area (Å²) < 4.78 is 0. The van der Waals surface area contributed by atoms with E-state index < -0.39 is 0 Å². The van der Waals surface area contributed by atoms with E-state index in [1.54, 1.807) is 0 Å². The van der Waals surface area contributed by atoms with Gasteiger partial charge in [-0.3, -0.25) is 0 Å². The zero-order valence-corrected chi connectivity index (χ0v) is 4.23. The van der Waals surface area contributed by atoms with Crippen molar-refractivity contribution >= 4 is 5.71 Å². The van der Waals surface area contributed by atoms with E-state index in [-0.39, 0.29) is 0 Å². The molecule has 0 spiro atoms. The zero-order chi connectivity index (χ0) is 5.44. The van der Waals surface area contributed by atoms with Crippen molar-refractivity contribution in [1.29, 1.82) is 5.41 Å². The summed E-state index contributed by atoms with van der Waals surface area (Å²) in [5.41, 5.74) is 6.48. The molecule has 1 rings (SSSR count). The molecule has 0 aliphatic heterocycles. The van der Waals surface area contributed by atoms with Gasteiger partial charge in [-0.1, -0.05) is 13.0 Å². The topological polar surface area (TPSA) is 49.9 Å². The van der Waals surface area contributed by atoms with Crippen molar-refractivity contribution in [3.8, 4) is 0 Å². The van der Waals surface area contributed by atoms with E-state index in [4.69, 9.17) is 11.1 Å². The molecule has 0 aromatic carbocycles. The second kappa shape index (κ2) is 1.09. The van der Waals surface area contributed by atoms with E-state index in [1.165, 1.54) is 0 Å². The Hall–Kier alpha value is -0.790. The van der Waals surface area contributed by atoms with Crippen molar-refractivity contribution in [2.45, 2.75) is 6.92 Å². The van der Waals surface area contributed by atoms with Gasteiger partial charge in [0.05, 0.1) is 5.71 Å². The molecule has 0 radical (unpaired) electrons. The van der Waals surface area contributed by atoms with E-state index >= 15 is 0 Å². The van der Waals surface area contributed by atoms with Gasteiger partial charge in [0.15, 0.2) is 0 Å². The van der Waals surface area contributed by atoms with Crippen LogP contribution in [-0.2, 0) is 0 Å². The molecule has 38 valence electrons. The van der Waals surface area contributed by atoms with Crippen molar-refractivity contribution in [2.75, 3.05) is 0 Å². The summed E-state index contributed by atoms with van der Waals surface area (Å²) >= 11 is 0. The average Bonchev–Trinajstić information content (AvgIpc) is 1.68. The van der Waals surface area contributed by atoms with Crippen LogP contribution in [0.5, 0.6) is 0 Å². The lowest BCUT2D eigenvalue weighted by Crippen LogP contribution is -2.26. The fourth-order valence-corrected chi connectivity index (χ4v) is 0.609. The highest BCUT2D eigenvalue weighted by Gasteiger charge is 2.17. The first-order valence-corrected chi connectivity index (χ1v) is 2.28. The normalized spacial score (nSPS) is 29.0. The van der Waals surface area contributed by atoms with E-state index in [1.807, 2.05) is 13.0 Å². The van der Waals surface area contributed by atoms with Gasteiger partial charge in [0.25, 0.3) is 0 Å². The molecule has 2 heteroatoms. The highest BCUT2D eigenvalue weighted by Crippen LogP contribution is 2.15. The smallest absolute Gasteiger partial charge is 0.0606 e. The quantitative estimate of drug-likeness (QED) is 0.453. The SMILES string of the molecule is CC1C=C(N)C1=N. The maximum atomic E-state index is 7.05. The molecule has 0 heterocycles. The third-order valence-electron chi connectivity index (χ3n) is 1.20. The van der Waals surface area contributed by atoms with Gasteiger partial charge >= 0.3 is 0 Å². The first-order valence-electron chi connectivity index (χ1n) is 2.28. The Labute approximate surface area is 42.5 Å². The first kappa shape index (κ1) is 4.37. The molecule has 0 bridgehead atoms. The predicted molar refractivity (Wildman–Crippen MR) is 29.2 cm³/mol. The Morgan fingerprint density at radius 1 is 1.86 bits per heavy atom. The van der Waals surface area contributed by atoms with Crippen LogP contribution in [0.3, 0.4) is 0 Å². The maximum Gasteiger partial charge on any atom is 0.0606 e. The number of nitrogens with one attached hydrogen (secondary N) is 1. The van der Waals surface area contributed by atoms with Crippen molar-refractivity contribution in [3.63, 3.8) is 0 Å². The summed E-state index contributed by atoms with van der Waals surface area (Å²) in [6.45, 7) is 1.96. The third kappa shape index (κ3) is 0.427. The van der Waals surface area contributed by atoms with E-state index in [0.29, 0.717) is 17.3 Å². The van der Waals surface area contributed by atoms with Crippen LogP contribution < -0.4 is 5.73 Å². The number of allylic oxidation sites excluding steroid dienone is 2. The molecule has 0 aromatic heterocycles. The molecule has 1 unspecified atom stereocenters. The van der Waals surface area contributed by atoms with Crippen LogP contribution in [0.1, 0.15) is 6.92 Å². The summed E-state index contributed by atoms with van der Waals surface area (Å²) in [7, 11) is 0. The minimum atomic E-state index is 0.306. The van der Waals surface area contributed by atoms with Gasteiger partial charge < -0.3 is 11.1 Å². The van der Waals surface area contributed by atoms with Crippen LogP contribution in [-0.4, -0.2) is 5.71 Å². The minimum absolute atomic E-state index is 0.306. The van der Waals surface area contributed by atoms with Crippen LogP contribution in [0.25, 0.3) is 0 Å². The van der Waals surface area contributed by atoms with Crippen LogP contribution in [0.4, 0.5) is 0 Å². The Kier molecular flexibility index (Phi) is 0.680. The van der Waals surface area contributed by atoms with Crippen LogP contribution >= 0.6 is 0 Å². The summed E-state index contributed by atoms with van der Waals surface area (Å²) in [5, 5.41) is 7.05. The Bertz CT molecular complexity index is 135. The molecule has 0 fully saturated rings. The monoisotopic (exact) mass is 96.1 g/mol.